The van der Waals surface area contributed by atoms with Crippen LogP contribution in [0.2, 0.25) is 0 Å². The van der Waals surface area contributed by atoms with Gasteiger partial charge in [0, 0.05) is 17.5 Å². The van der Waals surface area contributed by atoms with Gasteiger partial charge in [0.1, 0.15) is 5.75 Å². The van der Waals surface area contributed by atoms with Crippen LogP contribution in [0.3, 0.4) is 0 Å². The van der Waals surface area contributed by atoms with E-state index >= 15 is 0 Å². The summed E-state index contributed by atoms with van der Waals surface area (Å²) in [6.07, 6.45) is 13.7. The van der Waals surface area contributed by atoms with E-state index in [1.54, 1.807) is 27.4 Å². The van der Waals surface area contributed by atoms with Crippen molar-refractivity contribution >= 4 is 5.97 Å². The number of carbonyl (C=O) groups is 1. The molecule has 0 amide bonds. The summed E-state index contributed by atoms with van der Waals surface area (Å²) in [6.45, 7) is 1.93. The molecule has 5 heteroatoms. The highest BCUT2D eigenvalue weighted by molar-refractivity contribution is 5.72. The van der Waals surface area contributed by atoms with Crippen molar-refractivity contribution in [3.05, 3.63) is 29.8 Å². The maximum atomic E-state index is 12.0. The van der Waals surface area contributed by atoms with Gasteiger partial charge in [-0.15, -0.1) is 0 Å². The minimum atomic E-state index is -0.777. The predicted molar refractivity (Wildman–Crippen MR) is 118 cm³/mol. The lowest BCUT2D eigenvalue weighted by atomic mass is 9.79. The fraction of sp³-hybridized carbons (Fsp3) is 0.640. The number of carboxylic acid groups (broad SMARTS) is 1. The van der Waals surface area contributed by atoms with Crippen LogP contribution in [-0.2, 0) is 4.79 Å². The SMILES string of the molecule is CCC(C(=O)O)C(CC=CCC12CCC(CC1)C2)c1cc(OC)c(OC)cc1OC. The Morgan fingerprint density at radius 3 is 2.23 bits per heavy atom. The summed E-state index contributed by atoms with van der Waals surface area (Å²) in [7, 11) is 4.78. The Kier molecular flexibility index (Phi) is 7.32. The van der Waals surface area contributed by atoms with Crippen molar-refractivity contribution in [3.8, 4) is 17.2 Å². The van der Waals surface area contributed by atoms with Gasteiger partial charge in [0.2, 0.25) is 0 Å². The van der Waals surface area contributed by atoms with Crippen molar-refractivity contribution in [2.45, 2.75) is 64.2 Å². The normalized spacial score (nSPS) is 24.7. The van der Waals surface area contributed by atoms with Crippen molar-refractivity contribution in [2.24, 2.45) is 17.3 Å². The number of hydrogen-bond acceptors (Lipinski definition) is 4. The molecule has 0 spiro atoms. The highest BCUT2D eigenvalue weighted by Gasteiger charge is 2.43. The van der Waals surface area contributed by atoms with E-state index in [9.17, 15) is 9.90 Å². The lowest BCUT2D eigenvalue weighted by molar-refractivity contribution is -0.142. The molecule has 2 saturated carbocycles. The molecular formula is C25H36O5. The smallest absolute Gasteiger partial charge is 0.307 e. The molecule has 1 N–H and O–H groups in total. The Bertz CT molecular complexity index is 761. The van der Waals surface area contributed by atoms with Crippen LogP contribution in [-0.4, -0.2) is 32.4 Å². The molecule has 2 aliphatic carbocycles. The summed E-state index contributed by atoms with van der Waals surface area (Å²) in [5, 5.41) is 9.89. The number of fused-ring (bicyclic) bond motifs is 2. The molecule has 166 valence electrons. The third-order valence-corrected chi connectivity index (χ3v) is 7.37. The van der Waals surface area contributed by atoms with Crippen molar-refractivity contribution in [1.29, 1.82) is 0 Å². The Morgan fingerprint density at radius 2 is 1.73 bits per heavy atom. The molecule has 0 saturated heterocycles. The van der Waals surface area contributed by atoms with Crippen LogP contribution >= 0.6 is 0 Å². The zero-order valence-corrected chi connectivity index (χ0v) is 18.8. The van der Waals surface area contributed by atoms with Crippen LogP contribution in [0.15, 0.2) is 24.3 Å². The lowest BCUT2D eigenvalue weighted by Gasteiger charge is -2.26. The van der Waals surface area contributed by atoms with Crippen LogP contribution in [0.25, 0.3) is 0 Å². The molecule has 2 atom stereocenters. The maximum Gasteiger partial charge on any atom is 0.307 e. The van der Waals surface area contributed by atoms with Gasteiger partial charge in [-0.2, -0.15) is 0 Å². The first-order valence-electron chi connectivity index (χ1n) is 11.1. The summed E-state index contributed by atoms with van der Waals surface area (Å²) in [5.41, 5.74) is 1.36. The van der Waals surface area contributed by atoms with Crippen LogP contribution in [0, 0.1) is 17.3 Å². The molecule has 0 aliphatic heterocycles. The van der Waals surface area contributed by atoms with Crippen molar-refractivity contribution in [1.82, 2.24) is 0 Å². The van der Waals surface area contributed by atoms with Crippen molar-refractivity contribution in [3.63, 3.8) is 0 Å². The summed E-state index contributed by atoms with van der Waals surface area (Å²) in [5.74, 6) is 1.27. The first kappa shape index (κ1) is 22.5. The minimum absolute atomic E-state index is 0.198. The Balaban J connectivity index is 1.85. The van der Waals surface area contributed by atoms with Gasteiger partial charge in [-0.1, -0.05) is 19.1 Å². The molecule has 2 unspecified atom stereocenters. The van der Waals surface area contributed by atoms with E-state index in [1.807, 2.05) is 13.0 Å². The topological polar surface area (TPSA) is 65.0 Å². The van der Waals surface area contributed by atoms with Gasteiger partial charge in [-0.3, -0.25) is 4.79 Å². The second kappa shape index (κ2) is 9.76. The molecule has 30 heavy (non-hydrogen) atoms. The van der Waals surface area contributed by atoms with E-state index in [-0.39, 0.29) is 5.92 Å². The number of aliphatic carboxylic acids is 1. The van der Waals surface area contributed by atoms with Gasteiger partial charge in [-0.25, -0.2) is 0 Å². The standard InChI is InChI=1S/C25H36O5/c1-5-18(24(26)27)19(8-6-7-11-25-12-9-17(16-25)10-13-25)20-14-22(29-3)23(30-4)15-21(20)28-2/h6-7,14-15,17-19H,5,8-13,16H2,1-4H3,(H,26,27). The van der Waals surface area contributed by atoms with Crippen molar-refractivity contribution in [2.75, 3.05) is 21.3 Å². The second-order valence-corrected chi connectivity index (χ2v) is 8.97. The number of ether oxygens (including phenoxy) is 3. The van der Waals surface area contributed by atoms with Gasteiger partial charge < -0.3 is 19.3 Å². The molecule has 2 aliphatic rings. The monoisotopic (exact) mass is 416 g/mol. The molecule has 0 aromatic heterocycles. The van der Waals surface area contributed by atoms with E-state index in [0.29, 0.717) is 35.5 Å². The summed E-state index contributed by atoms with van der Waals surface area (Å²) in [4.78, 5) is 12.0. The molecule has 1 aromatic carbocycles. The molecular weight excluding hydrogens is 380 g/mol. The summed E-state index contributed by atoms with van der Waals surface area (Å²) >= 11 is 0. The second-order valence-electron chi connectivity index (χ2n) is 8.97. The summed E-state index contributed by atoms with van der Waals surface area (Å²) < 4.78 is 16.5. The number of hydrogen-bond donors (Lipinski definition) is 1. The summed E-state index contributed by atoms with van der Waals surface area (Å²) in [6, 6.07) is 3.66. The van der Waals surface area contributed by atoms with Gasteiger partial charge in [0.15, 0.2) is 11.5 Å². The highest BCUT2D eigenvalue weighted by atomic mass is 16.5. The number of carboxylic acids is 1. The molecule has 3 rings (SSSR count). The zero-order chi connectivity index (χ0) is 21.7. The first-order chi connectivity index (χ1) is 14.5. The quantitative estimate of drug-likeness (QED) is 0.460. The highest BCUT2D eigenvalue weighted by Crippen LogP contribution is 2.56. The Labute approximate surface area is 180 Å². The first-order valence-corrected chi connectivity index (χ1v) is 11.1. The zero-order valence-electron chi connectivity index (χ0n) is 18.8. The number of allylic oxidation sites excluding steroid dienone is 2. The van der Waals surface area contributed by atoms with Gasteiger partial charge >= 0.3 is 5.97 Å². The van der Waals surface area contributed by atoms with Gasteiger partial charge in [0.05, 0.1) is 27.2 Å². The van der Waals surface area contributed by atoms with E-state index in [1.165, 1.54) is 32.1 Å². The molecule has 2 fully saturated rings. The molecule has 1 aromatic rings. The average molecular weight is 417 g/mol. The predicted octanol–water partition coefficient (Wildman–Crippen LogP) is 5.82. The molecule has 5 nitrogen and oxygen atoms in total. The van der Waals surface area contributed by atoms with E-state index in [4.69, 9.17) is 14.2 Å². The van der Waals surface area contributed by atoms with E-state index in [2.05, 4.69) is 12.2 Å². The number of rotatable bonds is 11. The minimum Gasteiger partial charge on any atom is -0.496 e. The van der Waals surface area contributed by atoms with Crippen molar-refractivity contribution < 1.29 is 24.1 Å². The van der Waals surface area contributed by atoms with Gasteiger partial charge in [0.25, 0.3) is 0 Å². The van der Waals surface area contributed by atoms with Crippen LogP contribution in [0.4, 0.5) is 0 Å². The fourth-order valence-corrected chi connectivity index (χ4v) is 5.66. The average Bonchev–Trinajstić information content (AvgIpc) is 3.36. The van der Waals surface area contributed by atoms with E-state index < -0.39 is 11.9 Å². The van der Waals surface area contributed by atoms with Crippen LogP contribution in [0.5, 0.6) is 17.2 Å². The molecule has 0 heterocycles. The Morgan fingerprint density at radius 1 is 1.10 bits per heavy atom. The lowest BCUT2D eigenvalue weighted by Crippen LogP contribution is -2.22. The van der Waals surface area contributed by atoms with E-state index in [0.717, 1.165) is 17.9 Å². The number of benzene rings is 1. The largest absolute Gasteiger partial charge is 0.496 e. The third-order valence-electron chi connectivity index (χ3n) is 7.37. The van der Waals surface area contributed by atoms with Gasteiger partial charge in [-0.05, 0) is 68.8 Å². The Hall–Kier alpha value is -2.17. The molecule has 2 bridgehead atoms. The van der Waals surface area contributed by atoms with Crippen LogP contribution in [0.1, 0.15) is 69.8 Å². The number of methoxy groups -OCH3 is 3. The van der Waals surface area contributed by atoms with Crippen LogP contribution < -0.4 is 14.2 Å². The fourth-order valence-electron chi connectivity index (χ4n) is 5.66. The third kappa shape index (κ3) is 4.60. The maximum absolute atomic E-state index is 12.0. The molecule has 0 radical (unpaired) electrons.